The second-order valence-electron chi connectivity index (χ2n) is 12.3. The molecule has 2 saturated heterocycles. The van der Waals surface area contributed by atoms with Crippen LogP contribution in [0.4, 0.5) is 5.95 Å². The molecule has 0 radical (unpaired) electrons. The van der Waals surface area contributed by atoms with Crippen LogP contribution in [0.25, 0.3) is 11.3 Å². The van der Waals surface area contributed by atoms with E-state index in [2.05, 4.69) is 24.7 Å². The number of benzene rings is 1. The normalized spacial score (nSPS) is 17.6. The molecule has 1 aromatic carbocycles. The number of nitrogens with zero attached hydrogens (tertiary/aromatic N) is 6. The Morgan fingerprint density at radius 1 is 0.978 bits per heavy atom. The summed E-state index contributed by atoms with van der Waals surface area (Å²) in [6.45, 7) is 7.91. The van der Waals surface area contributed by atoms with Crippen molar-refractivity contribution in [3.8, 4) is 22.9 Å². The Bertz CT molecular complexity index is 1590. The average Bonchev–Trinajstić information content (AvgIpc) is 3.00. The van der Waals surface area contributed by atoms with Gasteiger partial charge in [0, 0.05) is 67.1 Å². The first-order chi connectivity index (χ1) is 21.9. The van der Waals surface area contributed by atoms with Gasteiger partial charge in [-0.25, -0.2) is 23.4 Å². The maximum Gasteiger partial charge on any atom is 0.303 e. The summed E-state index contributed by atoms with van der Waals surface area (Å²) in [5.41, 5.74) is 2.43. The lowest BCUT2D eigenvalue weighted by molar-refractivity contribution is -0.138. The van der Waals surface area contributed by atoms with E-state index in [1.54, 1.807) is 25.4 Å². The molecule has 0 bridgehead atoms. The molecule has 5 rings (SSSR count). The van der Waals surface area contributed by atoms with E-state index in [1.807, 2.05) is 24.3 Å². The number of halogens is 2. The van der Waals surface area contributed by atoms with Crippen LogP contribution in [0.2, 0.25) is 10.0 Å². The number of aromatic nitrogens is 3. The Labute approximate surface area is 280 Å². The summed E-state index contributed by atoms with van der Waals surface area (Å²) in [5.74, 6) is 0.909. The summed E-state index contributed by atoms with van der Waals surface area (Å²) in [6, 6.07) is 9.19. The van der Waals surface area contributed by atoms with Gasteiger partial charge in [0.2, 0.25) is 11.8 Å². The van der Waals surface area contributed by atoms with Crippen molar-refractivity contribution < 1.29 is 23.1 Å². The van der Waals surface area contributed by atoms with Gasteiger partial charge in [0.15, 0.2) is 5.75 Å². The Morgan fingerprint density at radius 3 is 2.24 bits per heavy atom. The highest BCUT2D eigenvalue weighted by molar-refractivity contribution is 7.91. The lowest BCUT2D eigenvalue weighted by atomic mass is 9.93. The van der Waals surface area contributed by atoms with E-state index in [4.69, 9.17) is 38.0 Å². The van der Waals surface area contributed by atoms with Crippen molar-refractivity contribution in [1.82, 2.24) is 24.8 Å². The van der Waals surface area contributed by atoms with Crippen LogP contribution in [0, 0.1) is 5.92 Å². The maximum absolute atomic E-state index is 11.7. The lowest BCUT2D eigenvalue weighted by Gasteiger charge is -2.35. The molecule has 46 heavy (non-hydrogen) atoms. The molecule has 14 heteroatoms. The molecule has 0 amide bonds. The van der Waals surface area contributed by atoms with Crippen molar-refractivity contribution in [2.75, 3.05) is 57.0 Å². The standard InChI is InChI=1S/C32H40Cl2N6O5S/c1-22(46(2,43)44)3-6-38-9-11-40(12-10-38)32-35-19-28(20-36-32)45-30-14-24(21-39-7-4-23(5-8-39)15-31(41)42)13-29(37-30)25-16-26(33)18-27(34)17-25/h13-14,16-20,22-23H,3-12,15,21H2,1-2H3,(H,41,42). The molecule has 2 aromatic heterocycles. The number of carboxylic acids is 1. The van der Waals surface area contributed by atoms with Crippen LogP contribution in [0.5, 0.6) is 11.6 Å². The van der Waals surface area contributed by atoms with Crippen molar-refractivity contribution in [1.29, 1.82) is 0 Å². The van der Waals surface area contributed by atoms with Crippen LogP contribution in [-0.2, 0) is 21.2 Å². The summed E-state index contributed by atoms with van der Waals surface area (Å²) in [7, 11) is -3.02. The van der Waals surface area contributed by atoms with Gasteiger partial charge in [-0.05, 0) is 81.6 Å². The summed E-state index contributed by atoms with van der Waals surface area (Å²) in [6.07, 6.45) is 7.09. The molecule has 2 fully saturated rings. The number of ether oxygens (including phenoxy) is 1. The lowest BCUT2D eigenvalue weighted by Crippen LogP contribution is -2.47. The quantitative estimate of drug-likeness (QED) is 0.267. The third kappa shape index (κ3) is 9.74. The molecule has 4 heterocycles. The molecule has 0 aliphatic carbocycles. The summed E-state index contributed by atoms with van der Waals surface area (Å²) < 4.78 is 29.7. The SMILES string of the molecule is CC(CCN1CCN(c2ncc(Oc3cc(CN4CCC(CC(=O)O)CC4)cc(-c4cc(Cl)cc(Cl)c4)n3)cn2)CC1)S(C)(=O)=O. The fourth-order valence-electron chi connectivity index (χ4n) is 5.80. The van der Waals surface area contributed by atoms with Crippen LogP contribution < -0.4 is 9.64 Å². The second kappa shape index (κ2) is 15.2. The highest BCUT2D eigenvalue weighted by Crippen LogP contribution is 2.31. The molecule has 2 aliphatic heterocycles. The number of carbonyl (C=O) groups is 1. The van der Waals surface area contributed by atoms with E-state index in [-0.39, 0.29) is 17.6 Å². The molecule has 3 aromatic rings. The van der Waals surface area contributed by atoms with E-state index < -0.39 is 15.8 Å². The molecular weight excluding hydrogens is 651 g/mol. The van der Waals surface area contributed by atoms with Crippen LogP contribution in [0.15, 0.2) is 42.7 Å². The minimum Gasteiger partial charge on any atom is -0.481 e. The first-order valence-corrected chi connectivity index (χ1v) is 18.2. The van der Waals surface area contributed by atoms with E-state index in [9.17, 15) is 13.2 Å². The van der Waals surface area contributed by atoms with E-state index in [0.717, 1.165) is 69.8 Å². The summed E-state index contributed by atoms with van der Waals surface area (Å²) in [5, 5.41) is 9.82. The monoisotopic (exact) mass is 690 g/mol. The van der Waals surface area contributed by atoms with Crippen molar-refractivity contribution in [3.63, 3.8) is 0 Å². The van der Waals surface area contributed by atoms with Gasteiger partial charge >= 0.3 is 5.97 Å². The van der Waals surface area contributed by atoms with Gasteiger partial charge in [-0.3, -0.25) is 14.6 Å². The van der Waals surface area contributed by atoms with Gasteiger partial charge in [-0.1, -0.05) is 23.2 Å². The third-order valence-corrected chi connectivity index (χ3v) is 10.8. The summed E-state index contributed by atoms with van der Waals surface area (Å²) >= 11 is 12.6. The maximum atomic E-state index is 11.7. The topological polar surface area (TPSA) is 129 Å². The predicted molar refractivity (Wildman–Crippen MR) is 180 cm³/mol. The van der Waals surface area contributed by atoms with Gasteiger partial charge < -0.3 is 14.7 Å². The van der Waals surface area contributed by atoms with Crippen LogP contribution in [0.1, 0.15) is 38.2 Å². The first-order valence-electron chi connectivity index (χ1n) is 15.5. The van der Waals surface area contributed by atoms with E-state index >= 15 is 0 Å². The van der Waals surface area contributed by atoms with Crippen molar-refractivity contribution in [2.45, 2.75) is 44.4 Å². The van der Waals surface area contributed by atoms with Gasteiger partial charge in [0.05, 0.1) is 23.3 Å². The van der Waals surface area contributed by atoms with E-state index in [0.29, 0.717) is 46.3 Å². The number of aliphatic carboxylic acids is 1. The molecule has 0 saturated carbocycles. The van der Waals surface area contributed by atoms with Gasteiger partial charge in [-0.2, -0.15) is 0 Å². The second-order valence-corrected chi connectivity index (χ2v) is 15.6. The van der Waals surface area contributed by atoms with Gasteiger partial charge in [0.1, 0.15) is 9.84 Å². The van der Waals surface area contributed by atoms with Gasteiger partial charge in [-0.15, -0.1) is 0 Å². The Hall–Kier alpha value is -3.03. The zero-order chi connectivity index (χ0) is 32.8. The number of carboxylic acid groups (broad SMARTS) is 1. The number of likely N-dealkylation sites (tertiary alicyclic amines) is 1. The Balaban J connectivity index is 1.25. The van der Waals surface area contributed by atoms with Crippen molar-refractivity contribution in [2.24, 2.45) is 5.92 Å². The summed E-state index contributed by atoms with van der Waals surface area (Å²) in [4.78, 5) is 31.7. The number of pyridine rings is 1. The number of rotatable bonds is 12. The number of hydrogen-bond donors (Lipinski definition) is 1. The Kier molecular flexibility index (Phi) is 11.4. The number of anilines is 1. The third-order valence-electron chi connectivity index (χ3n) is 8.67. The van der Waals surface area contributed by atoms with Crippen LogP contribution in [-0.4, -0.2) is 102 Å². The number of hydrogen-bond acceptors (Lipinski definition) is 10. The number of sulfone groups is 1. The number of piperidine rings is 1. The van der Waals surface area contributed by atoms with Crippen molar-refractivity contribution >= 4 is 45.0 Å². The molecular formula is C32H40Cl2N6O5S. The number of piperazine rings is 1. The van der Waals surface area contributed by atoms with Gasteiger partial charge in [0.25, 0.3) is 0 Å². The van der Waals surface area contributed by atoms with E-state index in [1.165, 1.54) is 6.26 Å². The fraction of sp³-hybridized carbons (Fsp3) is 0.500. The zero-order valence-corrected chi connectivity index (χ0v) is 28.4. The zero-order valence-electron chi connectivity index (χ0n) is 26.1. The molecule has 0 spiro atoms. The highest BCUT2D eigenvalue weighted by atomic mass is 35.5. The molecule has 11 nitrogen and oxygen atoms in total. The van der Waals surface area contributed by atoms with Crippen LogP contribution >= 0.6 is 23.2 Å². The van der Waals surface area contributed by atoms with Crippen LogP contribution in [0.3, 0.4) is 0 Å². The minimum atomic E-state index is -3.02. The minimum absolute atomic E-state index is 0.205. The molecule has 1 atom stereocenters. The largest absolute Gasteiger partial charge is 0.481 e. The fourth-order valence-corrected chi connectivity index (χ4v) is 6.86. The molecule has 1 unspecified atom stereocenters. The average molecular weight is 692 g/mol. The van der Waals surface area contributed by atoms with Crippen molar-refractivity contribution in [3.05, 3.63) is 58.3 Å². The molecule has 2 aliphatic rings. The highest BCUT2D eigenvalue weighted by Gasteiger charge is 2.23. The Morgan fingerprint density at radius 2 is 1.63 bits per heavy atom. The first kappa shape index (κ1) is 34.3. The molecule has 248 valence electrons. The molecule has 1 N–H and O–H groups in total. The smallest absolute Gasteiger partial charge is 0.303 e. The predicted octanol–water partition coefficient (Wildman–Crippen LogP) is 5.27.